The molecule has 7 heteroatoms. The number of rotatable bonds is 10. The van der Waals surface area contributed by atoms with Gasteiger partial charge < -0.3 is 20.3 Å². The van der Waals surface area contributed by atoms with Crippen LogP contribution in [0.2, 0.25) is 0 Å². The average molecular weight is 464 g/mol. The predicted octanol–water partition coefficient (Wildman–Crippen LogP) is 4.08. The number of carbonyl (C=O) groups excluding carboxylic acids is 2. The number of halogens is 1. The number of nitrogens with one attached hydrogen (secondary N) is 2. The monoisotopic (exact) mass is 463 g/mol. The third-order valence-corrected chi connectivity index (χ3v) is 5.43. The summed E-state index contributed by atoms with van der Waals surface area (Å²) in [6.45, 7) is 0.357. The lowest BCUT2D eigenvalue weighted by atomic mass is 10.0. The number of carbonyl (C=O) groups is 2. The maximum Gasteiger partial charge on any atom is 0.408 e. The maximum absolute atomic E-state index is 13.7. The molecule has 0 radical (unpaired) electrons. The summed E-state index contributed by atoms with van der Waals surface area (Å²) in [6, 6.07) is 24.0. The Labute approximate surface area is 199 Å². The standard InChI is InChI=1S/C27H30FN3O3/c1-31(2)25(22-14-9-15-23(28)17-22)18-29-26(32)24(16-20-10-5-3-6-11-20)30-27(33)34-19-21-12-7-4-8-13-21/h3-15,17,24-25H,16,18-19H2,1-2H3,(H,29,32)(H,30,33). The molecule has 178 valence electrons. The van der Waals surface area contributed by atoms with E-state index < -0.39 is 12.1 Å². The normalized spacial score (nSPS) is 12.6. The number of benzene rings is 3. The highest BCUT2D eigenvalue weighted by Crippen LogP contribution is 2.18. The zero-order chi connectivity index (χ0) is 24.3. The molecule has 0 aliphatic carbocycles. The van der Waals surface area contributed by atoms with Gasteiger partial charge >= 0.3 is 6.09 Å². The minimum absolute atomic E-state index is 0.106. The van der Waals surface area contributed by atoms with Crippen molar-refractivity contribution in [1.29, 1.82) is 0 Å². The number of likely N-dealkylation sites (N-methyl/N-ethyl adjacent to an activating group) is 1. The highest BCUT2D eigenvalue weighted by molar-refractivity contribution is 5.86. The van der Waals surface area contributed by atoms with E-state index in [-0.39, 0.29) is 30.9 Å². The Morgan fingerprint density at radius 3 is 2.18 bits per heavy atom. The van der Waals surface area contributed by atoms with Crippen molar-refractivity contribution >= 4 is 12.0 Å². The molecule has 2 unspecified atom stereocenters. The molecule has 0 aliphatic rings. The van der Waals surface area contributed by atoms with Gasteiger partial charge in [0.05, 0.1) is 6.04 Å². The molecule has 0 aromatic heterocycles. The Morgan fingerprint density at radius 2 is 1.56 bits per heavy atom. The van der Waals surface area contributed by atoms with Crippen molar-refractivity contribution in [3.05, 3.63) is 107 Å². The highest BCUT2D eigenvalue weighted by atomic mass is 19.1. The number of nitrogens with zero attached hydrogens (tertiary/aromatic N) is 1. The molecular formula is C27H30FN3O3. The Kier molecular flexibility index (Phi) is 9.17. The van der Waals surface area contributed by atoms with Gasteiger partial charge in [-0.3, -0.25) is 4.79 Å². The Bertz CT molecular complexity index is 1060. The first-order valence-corrected chi connectivity index (χ1v) is 11.1. The van der Waals surface area contributed by atoms with Gasteiger partial charge in [-0.1, -0.05) is 72.8 Å². The number of alkyl carbamates (subject to hydrolysis) is 1. The Hall–Kier alpha value is -3.71. The summed E-state index contributed by atoms with van der Waals surface area (Å²) in [5, 5.41) is 5.60. The van der Waals surface area contributed by atoms with Crippen LogP contribution in [0.1, 0.15) is 22.7 Å². The van der Waals surface area contributed by atoms with E-state index in [0.29, 0.717) is 6.42 Å². The lowest BCUT2D eigenvalue weighted by Gasteiger charge is -2.26. The van der Waals surface area contributed by atoms with Crippen LogP contribution >= 0.6 is 0 Å². The fourth-order valence-corrected chi connectivity index (χ4v) is 3.60. The first-order valence-electron chi connectivity index (χ1n) is 11.1. The van der Waals surface area contributed by atoms with Crippen LogP contribution in [0.25, 0.3) is 0 Å². The second-order valence-corrected chi connectivity index (χ2v) is 8.23. The molecule has 0 heterocycles. The van der Waals surface area contributed by atoms with Crippen molar-refractivity contribution < 1.29 is 18.7 Å². The van der Waals surface area contributed by atoms with Crippen LogP contribution in [0, 0.1) is 5.82 Å². The van der Waals surface area contributed by atoms with Gasteiger partial charge in [0.2, 0.25) is 5.91 Å². The molecule has 2 N–H and O–H groups in total. The van der Waals surface area contributed by atoms with Gasteiger partial charge in [0.1, 0.15) is 18.5 Å². The molecule has 0 saturated heterocycles. The summed E-state index contributed by atoms with van der Waals surface area (Å²) in [6.07, 6.45) is -0.367. The summed E-state index contributed by atoms with van der Waals surface area (Å²) in [5.41, 5.74) is 2.51. The smallest absolute Gasteiger partial charge is 0.408 e. The fraction of sp³-hybridized carbons (Fsp3) is 0.259. The van der Waals surface area contributed by atoms with Gasteiger partial charge in [-0.05, 0) is 42.9 Å². The summed E-state index contributed by atoms with van der Waals surface area (Å²) in [4.78, 5) is 27.5. The number of amides is 2. The van der Waals surface area contributed by atoms with Crippen molar-refractivity contribution in [2.45, 2.75) is 25.1 Å². The SMILES string of the molecule is CN(C)C(CNC(=O)C(Cc1ccccc1)NC(=O)OCc1ccccc1)c1cccc(F)c1. The molecular weight excluding hydrogens is 433 g/mol. The molecule has 0 saturated carbocycles. The first kappa shape index (κ1) is 24.9. The molecule has 0 spiro atoms. The van der Waals surface area contributed by atoms with Gasteiger partial charge in [0.15, 0.2) is 0 Å². The molecule has 2 amide bonds. The number of hydrogen-bond acceptors (Lipinski definition) is 4. The minimum atomic E-state index is -0.832. The molecule has 34 heavy (non-hydrogen) atoms. The van der Waals surface area contributed by atoms with E-state index in [9.17, 15) is 14.0 Å². The van der Waals surface area contributed by atoms with Crippen molar-refractivity contribution in [2.24, 2.45) is 0 Å². The summed E-state index contributed by atoms with van der Waals surface area (Å²) in [5.74, 6) is -0.677. The quantitative estimate of drug-likeness (QED) is 0.475. The van der Waals surface area contributed by atoms with Crippen molar-refractivity contribution in [2.75, 3.05) is 20.6 Å². The molecule has 0 bridgehead atoms. The van der Waals surface area contributed by atoms with Gasteiger partial charge in [-0.25, -0.2) is 9.18 Å². The molecule has 0 fully saturated rings. The van der Waals surface area contributed by atoms with Gasteiger partial charge in [0, 0.05) is 13.0 Å². The van der Waals surface area contributed by atoms with Crippen LogP contribution in [0.15, 0.2) is 84.9 Å². The third-order valence-electron chi connectivity index (χ3n) is 5.43. The van der Waals surface area contributed by atoms with Crippen LogP contribution in [-0.4, -0.2) is 43.6 Å². The molecule has 0 aliphatic heterocycles. The zero-order valence-corrected chi connectivity index (χ0v) is 19.4. The van der Waals surface area contributed by atoms with Crippen LogP contribution in [0.4, 0.5) is 9.18 Å². The van der Waals surface area contributed by atoms with Crippen LogP contribution in [0.5, 0.6) is 0 Å². The molecule has 3 aromatic rings. The first-order chi connectivity index (χ1) is 16.4. The minimum Gasteiger partial charge on any atom is -0.445 e. The van der Waals surface area contributed by atoms with Crippen LogP contribution in [0.3, 0.4) is 0 Å². The average Bonchev–Trinajstić information content (AvgIpc) is 2.83. The summed E-state index contributed by atoms with van der Waals surface area (Å²) < 4.78 is 19.0. The summed E-state index contributed by atoms with van der Waals surface area (Å²) >= 11 is 0. The van der Waals surface area contributed by atoms with E-state index in [1.54, 1.807) is 6.07 Å². The number of ether oxygens (including phenoxy) is 1. The highest BCUT2D eigenvalue weighted by Gasteiger charge is 2.24. The molecule has 3 rings (SSSR count). The zero-order valence-electron chi connectivity index (χ0n) is 19.4. The van der Waals surface area contributed by atoms with E-state index in [2.05, 4.69) is 10.6 Å². The maximum atomic E-state index is 13.7. The van der Waals surface area contributed by atoms with Crippen molar-refractivity contribution in [1.82, 2.24) is 15.5 Å². The Balaban J connectivity index is 1.66. The molecule has 6 nitrogen and oxygen atoms in total. The second kappa shape index (κ2) is 12.5. The van der Waals surface area contributed by atoms with Gasteiger partial charge in [-0.15, -0.1) is 0 Å². The fourth-order valence-electron chi connectivity index (χ4n) is 3.60. The van der Waals surface area contributed by atoms with Crippen molar-refractivity contribution in [3.8, 4) is 0 Å². The van der Waals surface area contributed by atoms with Gasteiger partial charge in [0.25, 0.3) is 0 Å². The van der Waals surface area contributed by atoms with E-state index in [4.69, 9.17) is 4.74 Å². The predicted molar refractivity (Wildman–Crippen MR) is 130 cm³/mol. The van der Waals surface area contributed by atoms with E-state index in [0.717, 1.165) is 16.7 Å². The summed E-state index contributed by atoms with van der Waals surface area (Å²) in [7, 11) is 3.73. The molecule has 3 aromatic carbocycles. The van der Waals surface area contributed by atoms with Crippen LogP contribution < -0.4 is 10.6 Å². The van der Waals surface area contributed by atoms with Gasteiger partial charge in [-0.2, -0.15) is 0 Å². The molecule has 2 atom stereocenters. The van der Waals surface area contributed by atoms with E-state index >= 15 is 0 Å². The third kappa shape index (κ3) is 7.71. The van der Waals surface area contributed by atoms with E-state index in [1.807, 2.05) is 85.7 Å². The topological polar surface area (TPSA) is 70.7 Å². The Morgan fingerprint density at radius 1 is 0.912 bits per heavy atom. The van der Waals surface area contributed by atoms with Crippen LogP contribution in [-0.2, 0) is 22.6 Å². The van der Waals surface area contributed by atoms with Crippen molar-refractivity contribution in [3.63, 3.8) is 0 Å². The van der Waals surface area contributed by atoms with E-state index in [1.165, 1.54) is 12.1 Å². The largest absolute Gasteiger partial charge is 0.445 e. The lowest BCUT2D eigenvalue weighted by Crippen LogP contribution is -2.49. The lowest BCUT2D eigenvalue weighted by molar-refractivity contribution is -0.123. The number of hydrogen-bond donors (Lipinski definition) is 2. The second-order valence-electron chi connectivity index (χ2n) is 8.23.